The number of carbonyl (C=O) groups is 1. The van der Waals surface area contributed by atoms with Crippen molar-refractivity contribution in [3.8, 4) is 0 Å². The number of rotatable bonds is 4. The number of nitrogens with zero attached hydrogens (tertiary/aromatic N) is 2. The Kier molecular flexibility index (Phi) is 4.82. The lowest BCUT2D eigenvalue weighted by atomic mass is 10.2. The van der Waals surface area contributed by atoms with Crippen LogP contribution in [0.2, 0.25) is 0 Å². The number of nitrogens with one attached hydrogen (secondary N) is 1. The number of hydrogen-bond acceptors (Lipinski definition) is 4. The number of anilines is 1. The van der Waals surface area contributed by atoms with Crippen LogP contribution in [0.15, 0.2) is 47.4 Å². The molecule has 6 nitrogen and oxygen atoms in total. The minimum Gasteiger partial charge on any atom is -0.309 e. The number of amides is 1. The van der Waals surface area contributed by atoms with Crippen molar-refractivity contribution in [2.75, 3.05) is 11.9 Å². The normalized spacial score (nSPS) is 18.2. The molecule has 2 aromatic rings. The van der Waals surface area contributed by atoms with Crippen molar-refractivity contribution >= 4 is 21.7 Å². The third kappa shape index (κ3) is 3.69. The van der Waals surface area contributed by atoms with Crippen LogP contribution in [0.4, 0.5) is 10.2 Å². The average molecular weight is 363 g/mol. The van der Waals surface area contributed by atoms with Crippen LogP contribution in [0.1, 0.15) is 18.5 Å². The maximum atomic E-state index is 13.1. The SMILES string of the molecule is Cc1cccc(NC(=O)[C@@H]2CCCN2S(=O)(=O)c2ccc(F)cc2)n1. The number of halogens is 1. The number of benzene rings is 1. The van der Waals surface area contributed by atoms with Gasteiger partial charge in [-0.25, -0.2) is 17.8 Å². The molecule has 1 atom stereocenters. The van der Waals surface area contributed by atoms with E-state index < -0.39 is 27.8 Å². The maximum Gasteiger partial charge on any atom is 0.243 e. The number of hydrogen-bond donors (Lipinski definition) is 1. The Balaban J connectivity index is 1.82. The van der Waals surface area contributed by atoms with Gasteiger partial charge in [0.15, 0.2) is 0 Å². The minimum atomic E-state index is -3.86. The number of aromatic nitrogens is 1. The summed E-state index contributed by atoms with van der Waals surface area (Å²) in [6.45, 7) is 2.05. The van der Waals surface area contributed by atoms with E-state index in [-0.39, 0.29) is 11.4 Å². The van der Waals surface area contributed by atoms with Gasteiger partial charge < -0.3 is 5.32 Å². The Morgan fingerprint density at radius 3 is 2.64 bits per heavy atom. The zero-order valence-electron chi connectivity index (χ0n) is 13.6. The molecule has 1 amide bonds. The molecular weight excluding hydrogens is 345 g/mol. The quantitative estimate of drug-likeness (QED) is 0.904. The summed E-state index contributed by atoms with van der Waals surface area (Å²) in [4.78, 5) is 16.7. The van der Waals surface area contributed by atoms with Gasteiger partial charge in [-0.2, -0.15) is 4.31 Å². The predicted octanol–water partition coefficient (Wildman–Crippen LogP) is 2.32. The fourth-order valence-electron chi connectivity index (χ4n) is 2.85. The van der Waals surface area contributed by atoms with E-state index in [0.717, 1.165) is 17.8 Å². The van der Waals surface area contributed by atoms with Crippen LogP contribution in [-0.4, -0.2) is 36.2 Å². The monoisotopic (exact) mass is 363 g/mol. The molecule has 0 saturated carbocycles. The first-order valence-corrected chi connectivity index (χ1v) is 9.34. The summed E-state index contributed by atoms with van der Waals surface area (Å²) < 4.78 is 39.8. The van der Waals surface area contributed by atoms with E-state index in [1.807, 2.05) is 0 Å². The number of pyridine rings is 1. The Morgan fingerprint density at radius 1 is 1.24 bits per heavy atom. The van der Waals surface area contributed by atoms with Crippen molar-refractivity contribution in [2.24, 2.45) is 0 Å². The van der Waals surface area contributed by atoms with E-state index >= 15 is 0 Å². The third-order valence-corrected chi connectivity index (χ3v) is 5.99. The van der Waals surface area contributed by atoms with Gasteiger partial charge in [-0.3, -0.25) is 4.79 Å². The zero-order chi connectivity index (χ0) is 18.0. The molecule has 1 aliphatic rings. The molecule has 8 heteroatoms. The standard InChI is InChI=1S/C17H18FN3O3S/c1-12-4-2-6-16(19-12)20-17(22)15-5-3-11-21(15)25(23,24)14-9-7-13(18)8-10-14/h2,4,6-10,15H,3,5,11H2,1H3,(H,19,20,22)/t15-/m0/s1. The Morgan fingerprint density at radius 2 is 1.96 bits per heavy atom. The van der Waals surface area contributed by atoms with Crippen molar-refractivity contribution in [1.82, 2.24) is 9.29 Å². The van der Waals surface area contributed by atoms with Crippen LogP contribution in [-0.2, 0) is 14.8 Å². The van der Waals surface area contributed by atoms with Gasteiger partial charge in [-0.1, -0.05) is 6.07 Å². The molecule has 0 unspecified atom stereocenters. The van der Waals surface area contributed by atoms with Crippen LogP contribution >= 0.6 is 0 Å². The smallest absolute Gasteiger partial charge is 0.243 e. The number of sulfonamides is 1. The van der Waals surface area contributed by atoms with Gasteiger partial charge in [0.2, 0.25) is 15.9 Å². The summed E-state index contributed by atoms with van der Waals surface area (Å²) in [5.41, 5.74) is 0.750. The molecule has 0 bridgehead atoms. The van der Waals surface area contributed by atoms with Crippen LogP contribution in [0, 0.1) is 12.7 Å². The molecule has 1 fully saturated rings. The summed E-state index contributed by atoms with van der Waals surface area (Å²) in [6, 6.07) is 9.01. The molecule has 0 radical (unpaired) electrons. The summed E-state index contributed by atoms with van der Waals surface area (Å²) in [7, 11) is -3.86. The first-order valence-electron chi connectivity index (χ1n) is 7.90. The molecule has 1 aliphatic heterocycles. The second-order valence-corrected chi connectivity index (χ2v) is 7.77. The molecule has 0 aliphatic carbocycles. The Hall–Kier alpha value is -2.32. The van der Waals surface area contributed by atoms with E-state index in [1.165, 1.54) is 16.4 Å². The predicted molar refractivity (Wildman–Crippen MR) is 90.9 cm³/mol. The second-order valence-electron chi connectivity index (χ2n) is 5.88. The van der Waals surface area contributed by atoms with Gasteiger partial charge in [0.25, 0.3) is 0 Å². The molecule has 1 aromatic heterocycles. The van der Waals surface area contributed by atoms with E-state index in [9.17, 15) is 17.6 Å². The average Bonchev–Trinajstić information content (AvgIpc) is 3.06. The fourth-order valence-corrected chi connectivity index (χ4v) is 4.51. The molecule has 1 aromatic carbocycles. The topological polar surface area (TPSA) is 79.4 Å². The van der Waals surface area contributed by atoms with Crippen LogP contribution in [0.25, 0.3) is 0 Å². The highest BCUT2D eigenvalue weighted by Gasteiger charge is 2.39. The van der Waals surface area contributed by atoms with Crippen LogP contribution in [0.3, 0.4) is 0 Å². The summed E-state index contributed by atoms with van der Waals surface area (Å²) in [5, 5.41) is 2.67. The number of carbonyl (C=O) groups excluding carboxylic acids is 1. The first-order chi connectivity index (χ1) is 11.9. The van der Waals surface area contributed by atoms with E-state index in [4.69, 9.17) is 0 Å². The molecule has 0 spiro atoms. The van der Waals surface area contributed by atoms with E-state index in [2.05, 4.69) is 10.3 Å². The van der Waals surface area contributed by atoms with Gasteiger partial charge in [0, 0.05) is 12.2 Å². The number of aryl methyl sites for hydroxylation is 1. The first kappa shape index (κ1) is 17.5. The summed E-state index contributed by atoms with van der Waals surface area (Å²) in [5.74, 6) is -0.544. The van der Waals surface area contributed by atoms with Crippen LogP contribution in [0.5, 0.6) is 0 Å². The van der Waals surface area contributed by atoms with Crippen molar-refractivity contribution in [3.63, 3.8) is 0 Å². The van der Waals surface area contributed by atoms with Gasteiger partial charge in [0.1, 0.15) is 17.7 Å². The van der Waals surface area contributed by atoms with Crippen molar-refractivity contribution in [2.45, 2.75) is 30.7 Å². The molecule has 2 heterocycles. The highest BCUT2D eigenvalue weighted by molar-refractivity contribution is 7.89. The second kappa shape index (κ2) is 6.89. The van der Waals surface area contributed by atoms with Crippen molar-refractivity contribution in [3.05, 3.63) is 54.0 Å². The van der Waals surface area contributed by atoms with E-state index in [0.29, 0.717) is 18.7 Å². The summed E-state index contributed by atoms with van der Waals surface area (Å²) in [6.07, 6.45) is 1.01. The molecule has 1 saturated heterocycles. The van der Waals surface area contributed by atoms with Gasteiger partial charge in [-0.15, -0.1) is 0 Å². The van der Waals surface area contributed by atoms with Gasteiger partial charge in [0.05, 0.1) is 4.90 Å². The molecule has 132 valence electrons. The largest absolute Gasteiger partial charge is 0.309 e. The lowest BCUT2D eigenvalue weighted by Gasteiger charge is -2.23. The third-order valence-electron chi connectivity index (χ3n) is 4.07. The van der Waals surface area contributed by atoms with Gasteiger partial charge in [-0.05, 0) is 56.2 Å². The molecule has 1 N–H and O–H groups in total. The fraction of sp³-hybridized carbons (Fsp3) is 0.294. The molecular formula is C17H18FN3O3S. The van der Waals surface area contributed by atoms with E-state index in [1.54, 1.807) is 25.1 Å². The van der Waals surface area contributed by atoms with Crippen molar-refractivity contribution < 1.29 is 17.6 Å². The highest BCUT2D eigenvalue weighted by atomic mass is 32.2. The minimum absolute atomic E-state index is 0.0257. The van der Waals surface area contributed by atoms with Gasteiger partial charge >= 0.3 is 0 Å². The molecule has 3 rings (SSSR count). The summed E-state index contributed by atoms with van der Waals surface area (Å²) >= 11 is 0. The van der Waals surface area contributed by atoms with Crippen molar-refractivity contribution in [1.29, 1.82) is 0 Å². The highest BCUT2D eigenvalue weighted by Crippen LogP contribution is 2.27. The zero-order valence-corrected chi connectivity index (χ0v) is 14.5. The maximum absolute atomic E-state index is 13.1. The Bertz CT molecular complexity index is 884. The van der Waals surface area contributed by atoms with Crippen LogP contribution < -0.4 is 5.32 Å². The Labute approximate surface area is 145 Å². The molecule has 25 heavy (non-hydrogen) atoms. The lowest BCUT2D eigenvalue weighted by molar-refractivity contribution is -0.119. The lowest BCUT2D eigenvalue weighted by Crippen LogP contribution is -2.43.